The molecule has 3 aromatic rings. The van der Waals surface area contributed by atoms with Crippen molar-refractivity contribution in [3.05, 3.63) is 89.4 Å². The number of hydrogen-bond acceptors (Lipinski definition) is 2. The molecule has 0 spiro atoms. The molecule has 0 unspecified atom stereocenters. The summed E-state index contributed by atoms with van der Waals surface area (Å²) in [6, 6.07) is 25.1. The molecule has 0 saturated carbocycles. The number of benzene rings is 3. The number of aromatic hydroxyl groups is 1. The molecule has 3 rings (SSSR count). The Bertz CT molecular complexity index is 699. The number of nitrogens with two attached hydrogens (primary N) is 1. The fourth-order valence-electron chi connectivity index (χ4n) is 1.93. The molecule has 0 saturated heterocycles. The molecule has 0 atom stereocenters. The summed E-state index contributed by atoms with van der Waals surface area (Å²) in [5, 5.41) is 9.64. The highest BCUT2D eigenvalue weighted by molar-refractivity contribution is 6.32. The third-order valence-corrected chi connectivity index (χ3v) is 3.44. The van der Waals surface area contributed by atoms with Gasteiger partial charge in [-0.2, -0.15) is 0 Å². The topological polar surface area (TPSA) is 46.2 Å². The number of halogens is 1. The molecule has 0 bridgehead atoms. The molecule has 0 aliphatic heterocycles. The highest BCUT2D eigenvalue weighted by atomic mass is 35.5. The molecule has 0 aliphatic rings. The van der Waals surface area contributed by atoms with Crippen molar-refractivity contribution in [1.29, 1.82) is 0 Å². The van der Waals surface area contributed by atoms with Gasteiger partial charge in [0, 0.05) is 6.54 Å². The largest absolute Gasteiger partial charge is 0.506 e. The number of rotatable bonds is 2. The van der Waals surface area contributed by atoms with Gasteiger partial charge in [0.25, 0.3) is 0 Å². The van der Waals surface area contributed by atoms with Crippen molar-refractivity contribution in [1.82, 2.24) is 0 Å². The van der Waals surface area contributed by atoms with Gasteiger partial charge >= 0.3 is 0 Å². The maximum absolute atomic E-state index is 9.26. The van der Waals surface area contributed by atoms with Crippen LogP contribution in [0.3, 0.4) is 0 Å². The Kier molecular flexibility index (Phi) is 6.01. The minimum atomic E-state index is 0.117. The average Bonchev–Trinajstić information content (AvgIpc) is 2.59. The van der Waals surface area contributed by atoms with E-state index in [4.69, 9.17) is 17.3 Å². The van der Waals surface area contributed by atoms with Gasteiger partial charge in [-0.3, -0.25) is 0 Å². The molecule has 0 fully saturated rings. The first-order valence-electron chi connectivity index (χ1n) is 6.98. The maximum atomic E-state index is 9.26. The zero-order valence-electron chi connectivity index (χ0n) is 12.1. The van der Waals surface area contributed by atoms with Crippen LogP contribution in [-0.4, -0.2) is 5.11 Å². The van der Waals surface area contributed by atoms with E-state index in [1.54, 1.807) is 12.1 Å². The highest BCUT2D eigenvalue weighted by Gasteiger charge is 2.01. The quantitative estimate of drug-likeness (QED) is 0.710. The van der Waals surface area contributed by atoms with Crippen LogP contribution in [0.2, 0.25) is 5.02 Å². The van der Waals surface area contributed by atoms with E-state index >= 15 is 0 Å². The van der Waals surface area contributed by atoms with Crippen molar-refractivity contribution in [3.63, 3.8) is 0 Å². The predicted octanol–water partition coefficient (Wildman–Crippen LogP) is 4.86. The summed E-state index contributed by atoms with van der Waals surface area (Å²) in [6.07, 6.45) is 0. The Hall–Kier alpha value is -2.29. The molecular weight excluding hydrogens is 294 g/mol. The lowest BCUT2D eigenvalue weighted by Crippen LogP contribution is -1.94. The molecule has 112 valence electrons. The van der Waals surface area contributed by atoms with Gasteiger partial charge in [0.15, 0.2) is 0 Å². The Balaban J connectivity index is 0.000000188. The van der Waals surface area contributed by atoms with Crippen LogP contribution in [0.5, 0.6) is 5.75 Å². The van der Waals surface area contributed by atoms with Gasteiger partial charge < -0.3 is 10.8 Å². The van der Waals surface area contributed by atoms with E-state index in [1.165, 1.54) is 5.56 Å². The van der Waals surface area contributed by atoms with Gasteiger partial charge in [0.1, 0.15) is 5.75 Å². The Morgan fingerprint density at radius 3 is 1.86 bits per heavy atom. The molecular formula is C19H18ClNO. The summed E-state index contributed by atoms with van der Waals surface area (Å²) in [5.74, 6) is 0.117. The molecule has 0 aromatic heterocycles. The van der Waals surface area contributed by atoms with E-state index in [-0.39, 0.29) is 5.75 Å². The Morgan fingerprint density at radius 1 is 0.773 bits per heavy atom. The summed E-state index contributed by atoms with van der Waals surface area (Å²) in [7, 11) is 0. The van der Waals surface area contributed by atoms with Gasteiger partial charge in [-0.25, -0.2) is 0 Å². The Labute approximate surface area is 135 Å². The van der Waals surface area contributed by atoms with Gasteiger partial charge in [-0.1, -0.05) is 78.3 Å². The van der Waals surface area contributed by atoms with E-state index in [2.05, 4.69) is 0 Å². The standard InChI is InChI=1S/C12H9ClO.C7H9N/c13-11-8-10(6-7-12(11)14)9-4-2-1-3-5-9;8-6-7-4-2-1-3-5-7/h1-8,14H;1-5H,6,8H2. The lowest BCUT2D eigenvalue weighted by Gasteiger charge is -2.02. The first-order valence-corrected chi connectivity index (χ1v) is 7.36. The van der Waals surface area contributed by atoms with Crippen molar-refractivity contribution in [2.45, 2.75) is 6.54 Å². The van der Waals surface area contributed by atoms with Crippen LogP contribution in [0.1, 0.15) is 5.56 Å². The normalized spacial score (nSPS) is 9.73. The van der Waals surface area contributed by atoms with Crippen molar-refractivity contribution in [2.75, 3.05) is 0 Å². The van der Waals surface area contributed by atoms with Crippen LogP contribution in [0.4, 0.5) is 0 Å². The van der Waals surface area contributed by atoms with Crippen LogP contribution in [0, 0.1) is 0 Å². The van der Waals surface area contributed by atoms with Crippen LogP contribution >= 0.6 is 11.6 Å². The molecule has 0 heterocycles. The Morgan fingerprint density at radius 2 is 1.36 bits per heavy atom. The minimum Gasteiger partial charge on any atom is -0.506 e. The average molecular weight is 312 g/mol. The fraction of sp³-hybridized carbons (Fsp3) is 0.0526. The minimum absolute atomic E-state index is 0.117. The zero-order valence-corrected chi connectivity index (χ0v) is 12.9. The van der Waals surface area contributed by atoms with E-state index in [0.29, 0.717) is 11.6 Å². The zero-order chi connectivity index (χ0) is 15.8. The van der Waals surface area contributed by atoms with Gasteiger partial charge in [0.05, 0.1) is 5.02 Å². The van der Waals surface area contributed by atoms with Crippen LogP contribution in [-0.2, 0) is 6.54 Å². The maximum Gasteiger partial charge on any atom is 0.134 e. The summed E-state index contributed by atoms with van der Waals surface area (Å²) in [4.78, 5) is 0. The van der Waals surface area contributed by atoms with Crippen molar-refractivity contribution < 1.29 is 5.11 Å². The fourth-order valence-corrected chi connectivity index (χ4v) is 2.11. The molecule has 2 nitrogen and oxygen atoms in total. The third-order valence-electron chi connectivity index (χ3n) is 3.13. The summed E-state index contributed by atoms with van der Waals surface area (Å²) < 4.78 is 0. The SMILES string of the molecule is NCc1ccccc1.Oc1ccc(-c2ccccc2)cc1Cl. The smallest absolute Gasteiger partial charge is 0.134 e. The van der Waals surface area contributed by atoms with Crippen LogP contribution in [0.15, 0.2) is 78.9 Å². The lowest BCUT2D eigenvalue weighted by atomic mass is 10.1. The second kappa shape index (κ2) is 8.23. The molecule has 3 N–H and O–H groups in total. The van der Waals surface area contributed by atoms with E-state index in [1.807, 2.05) is 66.7 Å². The number of phenolic OH excluding ortho intramolecular Hbond substituents is 1. The first-order chi connectivity index (χ1) is 10.7. The van der Waals surface area contributed by atoms with Crippen molar-refractivity contribution in [2.24, 2.45) is 5.73 Å². The first kappa shape index (κ1) is 16.1. The van der Waals surface area contributed by atoms with Crippen molar-refractivity contribution in [3.8, 4) is 16.9 Å². The van der Waals surface area contributed by atoms with Crippen molar-refractivity contribution >= 4 is 11.6 Å². The molecule has 0 amide bonds. The monoisotopic (exact) mass is 311 g/mol. The second-order valence-electron chi connectivity index (χ2n) is 4.72. The lowest BCUT2D eigenvalue weighted by molar-refractivity contribution is 0.475. The summed E-state index contributed by atoms with van der Waals surface area (Å²) in [5.41, 5.74) is 8.64. The third kappa shape index (κ3) is 4.62. The van der Waals surface area contributed by atoms with Gasteiger partial charge in [0.2, 0.25) is 0 Å². The van der Waals surface area contributed by atoms with Crippen LogP contribution < -0.4 is 5.73 Å². The summed E-state index contributed by atoms with van der Waals surface area (Å²) in [6.45, 7) is 0.640. The number of hydrogen-bond donors (Lipinski definition) is 2. The molecule has 0 radical (unpaired) electrons. The molecule has 0 aliphatic carbocycles. The van der Waals surface area contributed by atoms with Crippen LogP contribution in [0.25, 0.3) is 11.1 Å². The van der Waals surface area contributed by atoms with E-state index in [0.717, 1.165) is 11.1 Å². The van der Waals surface area contributed by atoms with Gasteiger partial charge in [-0.05, 0) is 28.8 Å². The molecule has 3 aromatic carbocycles. The van der Waals surface area contributed by atoms with Gasteiger partial charge in [-0.15, -0.1) is 0 Å². The number of phenols is 1. The predicted molar refractivity (Wildman–Crippen MR) is 92.9 cm³/mol. The summed E-state index contributed by atoms with van der Waals surface area (Å²) >= 11 is 5.81. The molecule has 22 heavy (non-hydrogen) atoms. The second-order valence-corrected chi connectivity index (χ2v) is 5.13. The highest BCUT2D eigenvalue weighted by Crippen LogP contribution is 2.28. The van der Waals surface area contributed by atoms with E-state index in [9.17, 15) is 5.11 Å². The molecule has 3 heteroatoms. The van der Waals surface area contributed by atoms with E-state index < -0.39 is 0 Å².